The van der Waals surface area contributed by atoms with Crippen LogP contribution in [-0.4, -0.2) is 39.2 Å². The van der Waals surface area contributed by atoms with Gasteiger partial charge in [-0.2, -0.15) is 4.31 Å². The van der Waals surface area contributed by atoms with Crippen molar-refractivity contribution in [3.8, 4) is 11.5 Å². The molecule has 0 saturated carbocycles. The third kappa shape index (κ3) is 4.93. The van der Waals surface area contributed by atoms with Gasteiger partial charge in [0.05, 0.1) is 18.1 Å². The van der Waals surface area contributed by atoms with E-state index in [0.717, 1.165) is 10.5 Å². The smallest absolute Gasteiger partial charge is 0.243 e. The molecular formula is C19H25NO4S2. The summed E-state index contributed by atoms with van der Waals surface area (Å²) in [7, 11) is -2.05. The Hall–Kier alpha value is -1.70. The third-order valence-corrected chi connectivity index (χ3v) is 6.33. The molecule has 0 bridgehead atoms. The summed E-state index contributed by atoms with van der Waals surface area (Å²) in [6.07, 6.45) is 2.01. The van der Waals surface area contributed by atoms with Crippen molar-refractivity contribution in [3.63, 3.8) is 0 Å². The summed E-state index contributed by atoms with van der Waals surface area (Å²) in [5.74, 6) is 0.983. The number of rotatable bonds is 9. The van der Waals surface area contributed by atoms with E-state index < -0.39 is 10.0 Å². The standard InChI is InChI=1S/C19H25NO4S2/c1-5-23-18-12-11-17(13-19(18)24-6-2)26(21,22)20(3)14-15-7-9-16(25-4)10-8-15/h7-13H,5-6,14H2,1-4H3. The maximum absolute atomic E-state index is 12.9. The molecule has 0 N–H and O–H groups in total. The molecule has 0 fully saturated rings. The monoisotopic (exact) mass is 395 g/mol. The molecular weight excluding hydrogens is 370 g/mol. The first-order valence-electron chi connectivity index (χ1n) is 8.41. The number of nitrogens with zero attached hydrogens (tertiary/aromatic N) is 1. The number of thioether (sulfide) groups is 1. The van der Waals surface area contributed by atoms with Crippen molar-refractivity contribution < 1.29 is 17.9 Å². The van der Waals surface area contributed by atoms with Gasteiger partial charge in [0.1, 0.15) is 0 Å². The van der Waals surface area contributed by atoms with E-state index in [1.807, 2.05) is 44.4 Å². The second-order valence-electron chi connectivity index (χ2n) is 5.58. The molecule has 0 spiro atoms. The molecule has 2 rings (SSSR count). The highest BCUT2D eigenvalue weighted by atomic mass is 32.2. The Morgan fingerprint density at radius 2 is 1.58 bits per heavy atom. The van der Waals surface area contributed by atoms with Crippen LogP contribution in [0.2, 0.25) is 0 Å². The zero-order valence-electron chi connectivity index (χ0n) is 15.6. The van der Waals surface area contributed by atoms with Gasteiger partial charge in [-0.1, -0.05) is 12.1 Å². The summed E-state index contributed by atoms with van der Waals surface area (Å²) in [5.41, 5.74) is 0.935. The van der Waals surface area contributed by atoms with Crippen LogP contribution in [0.25, 0.3) is 0 Å². The molecule has 26 heavy (non-hydrogen) atoms. The molecule has 0 radical (unpaired) electrons. The molecule has 0 atom stereocenters. The minimum atomic E-state index is -3.63. The van der Waals surface area contributed by atoms with Gasteiger partial charge in [-0.15, -0.1) is 11.8 Å². The Labute approximate surface area is 160 Å². The Morgan fingerprint density at radius 3 is 2.15 bits per heavy atom. The normalized spacial score (nSPS) is 11.6. The van der Waals surface area contributed by atoms with Crippen molar-refractivity contribution in [3.05, 3.63) is 48.0 Å². The topological polar surface area (TPSA) is 55.8 Å². The first-order chi connectivity index (χ1) is 12.4. The summed E-state index contributed by atoms with van der Waals surface area (Å²) in [6, 6.07) is 12.6. The molecule has 2 aromatic carbocycles. The lowest BCUT2D eigenvalue weighted by Gasteiger charge is -2.19. The van der Waals surface area contributed by atoms with Crippen LogP contribution >= 0.6 is 11.8 Å². The van der Waals surface area contributed by atoms with Crippen LogP contribution in [0.3, 0.4) is 0 Å². The van der Waals surface area contributed by atoms with Crippen LogP contribution in [-0.2, 0) is 16.6 Å². The van der Waals surface area contributed by atoms with Crippen LogP contribution in [0, 0.1) is 0 Å². The molecule has 2 aromatic rings. The Kier molecular flexibility index (Phi) is 7.37. The van der Waals surface area contributed by atoms with Gasteiger partial charge >= 0.3 is 0 Å². The highest BCUT2D eigenvalue weighted by Crippen LogP contribution is 2.31. The molecule has 5 nitrogen and oxygen atoms in total. The van der Waals surface area contributed by atoms with Crippen molar-refractivity contribution >= 4 is 21.8 Å². The first-order valence-corrected chi connectivity index (χ1v) is 11.1. The number of ether oxygens (including phenoxy) is 2. The average Bonchev–Trinajstić information content (AvgIpc) is 2.64. The lowest BCUT2D eigenvalue weighted by Crippen LogP contribution is -2.26. The molecule has 0 saturated heterocycles. The summed E-state index contributed by atoms with van der Waals surface area (Å²) in [5, 5.41) is 0. The number of hydrogen-bond donors (Lipinski definition) is 0. The average molecular weight is 396 g/mol. The highest BCUT2D eigenvalue weighted by Gasteiger charge is 2.23. The Bertz CT molecular complexity index is 820. The molecule has 0 unspecified atom stereocenters. The van der Waals surface area contributed by atoms with Crippen molar-refractivity contribution in [2.45, 2.75) is 30.2 Å². The Morgan fingerprint density at radius 1 is 0.962 bits per heavy atom. The fraction of sp³-hybridized carbons (Fsp3) is 0.368. The minimum absolute atomic E-state index is 0.188. The number of benzene rings is 2. The third-order valence-electron chi connectivity index (χ3n) is 3.79. The lowest BCUT2D eigenvalue weighted by molar-refractivity contribution is 0.287. The fourth-order valence-electron chi connectivity index (χ4n) is 2.44. The predicted octanol–water partition coefficient (Wildman–Crippen LogP) is 4.03. The van der Waals surface area contributed by atoms with Crippen molar-refractivity contribution in [2.75, 3.05) is 26.5 Å². The molecule has 0 aliphatic carbocycles. The molecule has 0 aliphatic heterocycles. The quantitative estimate of drug-likeness (QED) is 0.600. The molecule has 0 amide bonds. The van der Waals surface area contributed by atoms with Crippen molar-refractivity contribution in [1.82, 2.24) is 4.31 Å². The van der Waals surface area contributed by atoms with Gasteiger partial charge in [-0.05, 0) is 49.9 Å². The van der Waals surface area contributed by atoms with E-state index in [-0.39, 0.29) is 4.90 Å². The zero-order chi connectivity index (χ0) is 19.2. The summed E-state index contributed by atoms with van der Waals surface area (Å²) < 4.78 is 38.2. The molecule has 142 valence electrons. The van der Waals surface area contributed by atoms with Crippen LogP contribution in [0.1, 0.15) is 19.4 Å². The first kappa shape index (κ1) is 20.6. The van der Waals surface area contributed by atoms with Crippen molar-refractivity contribution in [2.24, 2.45) is 0 Å². The van der Waals surface area contributed by atoms with E-state index >= 15 is 0 Å². The van der Waals surface area contributed by atoms with Gasteiger partial charge < -0.3 is 9.47 Å². The van der Waals surface area contributed by atoms with Gasteiger partial charge in [0.2, 0.25) is 10.0 Å². The van der Waals surface area contributed by atoms with Crippen LogP contribution < -0.4 is 9.47 Å². The molecule has 0 aliphatic rings. The predicted molar refractivity (Wildman–Crippen MR) is 106 cm³/mol. The van der Waals surface area contributed by atoms with E-state index in [0.29, 0.717) is 31.3 Å². The van der Waals surface area contributed by atoms with Gasteiger partial charge in [0.25, 0.3) is 0 Å². The maximum Gasteiger partial charge on any atom is 0.243 e. The van der Waals surface area contributed by atoms with Gasteiger partial charge in [-0.25, -0.2) is 8.42 Å². The number of hydrogen-bond acceptors (Lipinski definition) is 5. The van der Waals surface area contributed by atoms with Crippen molar-refractivity contribution in [1.29, 1.82) is 0 Å². The number of sulfonamides is 1. The molecule has 0 aromatic heterocycles. The van der Waals surface area contributed by atoms with E-state index in [2.05, 4.69) is 0 Å². The van der Waals surface area contributed by atoms with Crippen LogP contribution in [0.4, 0.5) is 0 Å². The van der Waals surface area contributed by atoms with Gasteiger partial charge in [0, 0.05) is 24.6 Å². The summed E-state index contributed by atoms with van der Waals surface area (Å²) >= 11 is 1.65. The molecule has 0 heterocycles. The lowest BCUT2D eigenvalue weighted by atomic mass is 10.2. The fourth-order valence-corrected chi connectivity index (χ4v) is 4.03. The highest BCUT2D eigenvalue weighted by molar-refractivity contribution is 7.98. The van der Waals surface area contributed by atoms with E-state index in [4.69, 9.17) is 9.47 Å². The summed E-state index contributed by atoms with van der Waals surface area (Å²) in [4.78, 5) is 1.33. The zero-order valence-corrected chi connectivity index (χ0v) is 17.2. The SMILES string of the molecule is CCOc1ccc(S(=O)(=O)N(C)Cc2ccc(SC)cc2)cc1OCC. The second-order valence-corrected chi connectivity index (χ2v) is 8.51. The Balaban J connectivity index is 2.25. The molecule has 7 heteroatoms. The van der Waals surface area contributed by atoms with Crippen LogP contribution in [0.5, 0.6) is 11.5 Å². The van der Waals surface area contributed by atoms with Gasteiger partial charge in [-0.3, -0.25) is 0 Å². The van der Waals surface area contributed by atoms with Crippen LogP contribution in [0.15, 0.2) is 52.3 Å². The van der Waals surface area contributed by atoms with E-state index in [1.54, 1.807) is 30.9 Å². The van der Waals surface area contributed by atoms with E-state index in [1.165, 1.54) is 10.4 Å². The van der Waals surface area contributed by atoms with Gasteiger partial charge in [0.15, 0.2) is 11.5 Å². The van der Waals surface area contributed by atoms with E-state index in [9.17, 15) is 8.42 Å². The second kappa shape index (κ2) is 9.30. The minimum Gasteiger partial charge on any atom is -0.490 e. The summed E-state index contributed by atoms with van der Waals surface area (Å²) in [6.45, 7) is 4.94. The largest absolute Gasteiger partial charge is 0.490 e. The maximum atomic E-state index is 12.9.